The number of fused-ring (bicyclic) bond motifs is 1. The van der Waals surface area contributed by atoms with Gasteiger partial charge in [0.2, 0.25) is 0 Å². The first kappa shape index (κ1) is 12.0. The second-order valence-corrected chi connectivity index (χ2v) is 6.24. The van der Waals surface area contributed by atoms with Gasteiger partial charge in [0.05, 0.1) is 10.2 Å². The van der Waals surface area contributed by atoms with E-state index in [-0.39, 0.29) is 0 Å². The molecule has 1 saturated carbocycles. The standard InChI is InChI=1S/C15H20N2S/c1-2-7-12(6-1)8-5-11-16-15-17-13-9-3-4-10-14(13)18-15/h3-4,9-10,12H,1-2,5-8,11H2,(H,16,17). The fraction of sp³-hybridized carbons (Fsp3) is 0.533. The van der Waals surface area contributed by atoms with Gasteiger partial charge in [0.1, 0.15) is 0 Å². The lowest BCUT2D eigenvalue weighted by molar-refractivity contribution is 0.491. The van der Waals surface area contributed by atoms with Gasteiger partial charge in [0.25, 0.3) is 0 Å². The van der Waals surface area contributed by atoms with Crippen molar-refractivity contribution in [3.05, 3.63) is 24.3 Å². The van der Waals surface area contributed by atoms with Gasteiger partial charge in [-0.15, -0.1) is 0 Å². The Morgan fingerprint density at radius 2 is 2.06 bits per heavy atom. The van der Waals surface area contributed by atoms with Crippen molar-refractivity contribution < 1.29 is 0 Å². The molecule has 1 N–H and O–H groups in total. The van der Waals surface area contributed by atoms with E-state index < -0.39 is 0 Å². The van der Waals surface area contributed by atoms with Crippen LogP contribution in [0.1, 0.15) is 38.5 Å². The van der Waals surface area contributed by atoms with Crippen molar-refractivity contribution >= 4 is 26.7 Å². The Morgan fingerprint density at radius 1 is 1.22 bits per heavy atom. The molecule has 2 nitrogen and oxygen atoms in total. The minimum Gasteiger partial charge on any atom is -0.361 e. The number of hydrogen-bond acceptors (Lipinski definition) is 3. The first-order chi connectivity index (χ1) is 8.92. The van der Waals surface area contributed by atoms with E-state index in [0.717, 1.165) is 23.1 Å². The van der Waals surface area contributed by atoms with Crippen LogP contribution in [0.25, 0.3) is 10.2 Å². The quantitative estimate of drug-likeness (QED) is 0.790. The zero-order valence-corrected chi connectivity index (χ0v) is 11.5. The normalized spacial score (nSPS) is 16.4. The van der Waals surface area contributed by atoms with E-state index in [0.29, 0.717) is 0 Å². The highest BCUT2D eigenvalue weighted by atomic mass is 32.1. The monoisotopic (exact) mass is 260 g/mol. The van der Waals surface area contributed by atoms with E-state index in [1.165, 1.54) is 43.2 Å². The number of para-hydroxylation sites is 1. The molecule has 0 amide bonds. The highest BCUT2D eigenvalue weighted by molar-refractivity contribution is 7.22. The van der Waals surface area contributed by atoms with Crippen molar-refractivity contribution in [2.24, 2.45) is 5.92 Å². The molecule has 2 aromatic rings. The molecule has 0 bridgehead atoms. The maximum absolute atomic E-state index is 4.59. The lowest BCUT2D eigenvalue weighted by atomic mass is 10.0. The van der Waals surface area contributed by atoms with Crippen LogP contribution >= 0.6 is 11.3 Å². The summed E-state index contributed by atoms with van der Waals surface area (Å²) in [7, 11) is 0. The van der Waals surface area contributed by atoms with E-state index in [1.54, 1.807) is 11.3 Å². The van der Waals surface area contributed by atoms with Gasteiger partial charge in [-0.05, 0) is 30.9 Å². The van der Waals surface area contributed by atoms with E-state index in [4.69, 9.17) is 0 Å². The lowest BCUT2D eigenvalue weighted by Crippen LogP contribution is -2.03. The molecule has 1 aliphatic rings. The largest absolute Gasteiger partial charge is 0.361 e. The molecule has 0 spiro atoms. The van der Waals surface area contributed by atoms with Crippen LogP contribution in [0.2, 0.25) is 0 Å². The number of hydrogen-bond donors (Lipinski definition) is 1. The molecule has 0 unspecified atom stereocenters. The molecule has 0 atom stereocenters. The van der Waals surface area contributed by atoms with E-state index >= 15 is 0 Å². The van der Waals surface area contributed by atoms with Gasteiger partial charge in [-0.3, -0.25) is 0 Å². The summed E-state index contributed by atoms with van der Waals surface area (Å²) in [6.45, 7) is 1.07. The lowest BCUT2D eigenvalue weighted by Gasteiger charge is -2.08. The molecular formula is C15H20N2S. The van der Waals surface area contributed by atoms with Crippen LogP contribution in [-0.2, 0) is 0 Å². The van der Waals surface area contributed by atoms with Gasteiger partial charge in [0.15, 0.2) is 5.13 Å². The van der Waals surface area contributed by atoms with Crippen molar-refractivity contribution in [3.63, 3.8) is 0 Å². The van der Waals surface area contributed by atoms with Gasteiger partial charge in [-0.2, -0.15) is 0 Å². The molecular weight excluding hydrogens is 240 g/mol. The third-order valence-electron chi connectivity index (χ3n) is 3.83. The van der Waals surface area contributed by atoms with E-state index in [9.17, 15) is 0 Å². The van der Waals surface area contributed by atoms with Gasteiger partial charge < -0.3 is 5.32 Å². The topological polar surface area (TPSA) is 24.9 Å². The second-order valence-electron chi connectivity index (χ2n) is 5.21. The molecule has 1 aromatic carbocycles. The van der Waals surface area contributed by atoms with Crippen LogP contribution in [0.15, 0.2) is 24.3 Å². The first-order valence-electron chi connectivity index (χ1n) is 7.01. The van der Waals surface area contributed by atoms with Gasteiger partial charge in [-0.25, -0.2) is 4.98 Å². The molecule has 3 heteroatoms. The molecule has 96 valence electrons. The second kappa shape index (κ2) is 5.70. The predicted molar refractivity (Wildman–Crippen MR) is 79.3 cm³/mol. The number of nitrogens with zero attached hydrogens (tertiary/aromatic N) is 1. The van der Waals surface area contributed by atoms with Crippen molar-refractivity contribution in [1.29, 1.82) is 0 Å². The van der Waals surface area contributed by atoms with Crippen LogP contribution in [0.3, 0.4) is 0 Å². The molecule has 0 saturated heterocycles. The minimum absolute atomic E-state index is 1.00. The molecule has 0 aliphatic heterocycles. The number of thiazole rings is 1. The summed E-state index contributed by atoms with van der Waals surface area (Å²) in [6, 6.07) is 8.34. The van der Waals surface area contributed by atoms with Crippen molar-refractivity contribution in [3.8, 4) is 0 Å². The van der Waals surface area contributed by atoms with Crippen LogP contribution < -0.4 is 5.32 Å². The highest BCUT2D eigenvalue weighted by Gasteiger charge is 2.13. The summed E-state index contributed by atoms with van der Waals surface area (Å²) in [5, 5.41) is 4.54. The van der Waals surface area contributed by atoms with Crippen LogP contribution in [0.5, 0.6) is 0 Å². The average molecular weight is 260 g/mol. The summed E-state index contributed by atoms with van der Waals surface area (Å²) in [5.74, 6) is 1.00. The Morgan fingerprint density at radius 3 is 2.89 bits per heavy atom. The maximum atomic E-state index is 4.59. The van der Waals surface area contributed by atoms with Crippen molar-refractivity contribution in [2.75, 3.05) is 11.9 Å². The summed E-state index contributed by atoms with van der Waals surface area (Å²) < 4.78 is 1.27. The third kappa shape index (κ3) is 2.83. The zero-order chi connectivity index (χ0) is 12.2. The van der Waals surface area contributed by atoms with Crippen LogP contribution in [-0.4, -0.2) is 11.5 Å². The number of rotatable bonds is 5. The van der Waals surface area contributed by atoms with Gasteiger partial charge in [0, 0.05) is 6.54 Å². The predicted octanol–water partition coefficient (Wildman–Crippen LogP) is 4.68. The average Bonchev–Trinajstić information content (AvgIpc) is 3.03. The first-order valence-corrected chi connectivity index (χ1v) is 7.83. The minimum atomic E-state index is 1.00. The number of nitrogens with one attached hydrogen (secondary N) is 1. The summed E-state index contributed by atoms with van der Waals surface area (Å²) in [6.07, 6.45) is 8.49. The van der Waals surface area contributed by atoms with Gasteiger partial charge >= 0.3 is 0 Å². The summed E-state index contributed by atoms with van der Waals surface area (Å²) in [5.41, 5.74) is 1.11. The fourth-order valence-electron chi connectivity index (χ4n) is 2.83. The molecule has 1 fully saturated rings. The number of aromatic nitrogens is 1. The third-order valence-corrected chi connectivity index (χ3v) is 4.83. The fourth-order valence-corrected chi connectivity index (χ4v) is 3.72. The molecule has 1 heterocycles. The molecule has 1 aromatic heterocycles. The van der Waals surface area contributed by atoms with E-state index in [1.807, 2.05) is 6.07 Å². The summed E-state index contributed by atoms with van der Waals surface area (Å²) >= 11 is 1.76. The smallest absolute Gasteiger partial charge is 0.183 e. The SMILES string of the molecule is c1ccc2sc(NCCCC3CCCC3)nc2c1. The van der Waals surface area contributed by atoms with Crippen LogP contribution in [0, 0.1) is 5.92 Å². The highest BCUT2D eigenvalue weighted by Crippen LogP contribution is 2.29. The molecule has 0 radical (unpaired) electrons. The molecule has 1 aliphatic carbocycles. The molecule has 18 heavy (non-hydrogen) atoms. The van der Waals surface area contributed by atoms with Crippen molar-refractivity contribution in [1.82, 2.24) is 4.98 Å². The Kier molecular flexibility index (Phi) is 3.79. The number of anilines is 1. The number of benzene rings is 1. The zero-order valence-electron chi connectivity index (χ0n) is 10.7. The van der Waals surface area contributed by atoms with E-state index in [2.05, 4.69) is 28.5 Å². The Bertz CT molecular complexity index is 467. The molecule has 3 rings (SSSR count). The Labute approximate surface area is 112 Å². The van der Waals surface area contributed by atoms with Gasteiger partial charge in [-0.1, -0.05) is 49.2 Å². The Hall–Kier alpha value is -1.09. The Balaban J connectivity index is 1.47. The maximum Gasteiger partial charge on any atom is 0.183 e. The van der Waals surface area contributed by atoms with Crippen molar-refractivity contribution in [2.45, 2.75) is 38.5 Å². The summed E-state index contributed by atoms with van der Waals surface area (Å²) in [4.78, 5) is 4.59. The van der Waals surface area contributed by atoms with Crippen LogP contribution in [0.4, 0.5) is 5.13 Å².